The number of allylic oxidation sites excluding steroid dienone is 2. The zero-order chi connectivity index (χ0) is 27.9. The Morgan fingerprint density at radius 1 is 0.842 bits per heavy atom. The van der Waals surface area contributed by atoms with Crippen LogP contribution >= 0.6 is 81.2 Å². The quantitative estimate of drug-likeness (QED) is 0.214. The van der Waals surface area contributed by atoms with Gasteiger partial charge in [-0.15, -0.1) is 23.2 Å². The summed E-state index contributed by atoms with van der Waals surface area (Å²) in [6.07, 6.45) is 0. The molecule has 5 rings (SSSR count). The average molecular weight is 656 g/mol. The Kier molecular flexibility index (Phi) is 6.84. The van der Waals surface area contributed by atoms with Gasteiger partial charge < -0.3 is 0 Å². The number of hydrazine groups is 1. The lowest BCUT2D eigenvalue weighted by molar-refractivity contribution is -0.154. The van der Waals surface area contributed by atoms with E-state index in [0.29, 0.717) is 5.01 Å². The van der Waals surface area contributed by atoms with Crippen molar-refractivity contribution in [3.63, 3.8) is 0 Å². The highest BCUT2D eigenvalue weighted by Crippen LogP contribution is 2.77. The first kappa shape index (κ1) is 28.0. The highest BCUT2D eigenvalue weighted by Gasteiger charge is 2.88. The molecular weight excluding hydrogens is 640 g/mol. The van der Waals surface area contributed by atoms with E-state index < -0.39 is 56.0 Å². The lowest BCUT2D eigenvalue weighted by atomic mass is 9.84. The van der Waals surface area contributed by atoms with Crippen LogP contribution in [0.3, 0.4) is 0 Å². The molecule has 0 N–H and O–H groups in total. The largest absolute Gasteiger partial charge is 0.292 e. The highest BCUT2D eigenvalue weighted by molar-refractivity contribution is 6.66. The lowest BCUT2D eigenvalue weighted by Crippen LogP contribution is -2.56. The Bertz CT molecular complexity index is 1410. The predicted octanol–water partition coefficient (Wildman–Crippen LogP) is 6.34. The van der Waals surface area contributed by atoms with Crippen molar-refractivity contribution in [2.45, 2.75) is 21.0 Å². The van der Waals surface area contributed by atoms with Crippen molar-refractivity contribution in [2.75, 3.05) is 6.54 Å². The Morgan fingerprint density at radius 3 is 1.84 bits per heavy atom. The minimum atomic E-state index is -2.14. The maximum absolute atomic E-state index is 13.9. The minimum Gasteiger partial charge on any atom is -0.292 e. The van der Waals surface area contributed by atoms with Crippen molar-refractivity contribution in [1.82, 2.24) is 10.0 Å². The zero-order valence-corrected chi connectivity index (χ0v) is 24.4. The molecule has 2 bridgehead atoms. The van der Waals surface area contributed by atoms with Crippen LogP contribution in [0.25, 0.3) is 0 Å². The first-order valence-corrected chi connectivity index (χ1v) is 13.7. The van der Waals surface area contributed by atoms with E-state index in [1.54, 1.807) is 36.4 Å². The predicted molar refractivity (Wildman–Crippen MR) is 147 cm³/mol. The fourth-order valence-electron chi connectivity index (χ4n) is 5.19. The van der Waals surface area contributed by atoms with Crippen LogP contribution in [0.15, 0.2) is 58.6 Å². The average Bonchev–Trinajstić information content (AvgIpc) is 3.26. The van der Waals surface area contributed by atoms with Gasteiger partial charge in [0.25, 0.3) is 17.7 Å². The van der Waals surface area contributed by atoms with Crippen molar-refractivity contribution in [2.24, 2.45) is 11.8 Å². The fourth-order valence-corrected chi connectivity index (χ4v) is 8.34. The number of halogens is 7. The standard InChI is InChI=1S/C25H15Cl7N2O4/c1-11-6-8-12(9-7-11)15(35)10-33(20(36)13-4-2-3-5-14(13)26)34-21(37)16-17(22(34)38)24(30)19(28)18(27)23(16,29)25(24,31)32/h2-9,16-17H,10H2,1H3/t16-,17+,23-,24-/m1/s1. The van der Waals surface area contributed by atoms with E-state index >= 15 is 0 Å². The number of hydrogen-bond acceptors (Lipinski definition) is 4. The molecule has 2 aromatic carbocycles. The van der Waals surface area contributed by atoms with Crippen LogP contribution in [-0.4, -0.2) is 54.1 Å². The van der Waals surface area contributed by atoms with E-state index in [-0.39, 0.29) is 26.2 Å². The number of carbonyl (C=O) groups is 4. The molecule has 1 saturated heterocycles. The number of hydrogen-bond donors (Lipinski definition) is 0. The number of alkyl halides is 4. The number of ketones is 1. The van der Waals surface area contributed by atoms with Crippen LogP contribution < -0.4 is 0 Å². The summed E-state index contributed by atoms with van der Waals surface area (Å²) in [5.74, 6) is -6.33. The number of amides is 3. The second kappa shape index (κ2) is 9.27. The second-order valence-corrected chi connectivity index (χ2v) is 12.9. The number of nitrogens with zero attached hydrogens (tertiary/aromatic N) is 2. The lowest BCUT2D eigenvalue weighted by Gasteiger charge is -2.36. The van der Waals surface area contributed by atoms with Gasteiger partial charge in [-0.2, -0.15) is 5.01 Å². The van der Waals surface area contributed by atoms with Crippen LogP contribution in [-0.2, 0) is 9.59 Å². The fraction of sp³-hybridized carbons (Fsp3) is 0.280. The van der Waals surface area contributed by atoms with Crippen molar-refractivity contribution in [3.05, 3.63) is 80.3 Å². The molecule has 6 nitrogen and oxygen atoms in total. The molecular formula is C25H15Cl7N2O4. The monoisotopic (exact) mass is 652 g/mol. The Hall–Kier alpha value is -1.51. The molecule has 0 radical (unpaired) electrons. The zero-order valence-electron chi connectivity index (χ0n) is 19.2. The van der Waals surface area contributed by atoms with E-state index in [0.717, 1.165) is 10.6 Å². The van der Waals surface area contributed by atoms with Crippen molar-refractivity contribution in [1.29, 1.82) is 0 Å². The Morgan fingerprint density at radius 2 is 1.34 bits per heavy atom. The summed E-state index contributed by atoms with van der Waals surface area (Å²) in [6.45, 7) is 1.16. The van der Waals surface area contributed by atoms with Crippen molar-refractivity contribution >= 4 is 105 Å². The summed E-state index contributed by atoms with van der Waals surface area (Å²) < 4.78 is -2.14. The molecule has 38 heavy (non-hydrogen) atoms. The third kappa shape index (κ3) is 3.48. The number of aryl methyl sites for hydroxylation is 1. The Labute approximate surface area is 252 Å². The Balaban J connectivity index is 1.61. The second-order valence-electron chi connectivity index (χ2n) is 9.20. The number of Topliss-reactive ketones (excluding diaryl/α,β-unsaturated/α-hetero) is 1. The van der Waals surface area contributed by atoms with E-state index in [2.05, 4.69) is 0 Å². The van der Waals surface area contributed by atoms with E-state index in [9.17, 15) is 19.2 Å². The van der Waals surface area contributed by atoms with Gasteiger partial charge in [0.15, 0.2) is 10.1 Å². The molecule has 2 aromatic rings. The number of carbonyl (C=O) groups excluding carboxylic acids is 4. The highest BCUT2D eigenvalue weighted by atomic mass is 35.5. The minimum absolute atomic E-state index is 0.0422. The number of imide groups is 1. The molecule has 0 spiro atoms. The SMILES string of the molecule is Cc1ccc(C(=O)CN(C(=O)c2ccccc2Cl)N2C(=O)[C@@H]3[C@H](C2=O)[C@@]2(Cl)C(Cl)=C(Cl)[C@@]3(Cl)C2(Cl)Cl)cc1. The summed E-state index contributed by atoms with van der Waals surface area (Å²) in [4.78, 5) is 50.6. The molecule has 13 heteroatoms. The maximum Gasteiger partial charge on any atom is 0.274 e. The molecule has 4 atom stereocenters. The van der Waals surface area contributed by atoms with Gasteiger partial charge in [-0.25, -0.2) is 5.01 Å². The molecule has 0 unspecified atom stereocenters. The normalized spacial score (nSPS) is 29.2. The van der Waals surface area contributed by atoms with Crippen LogP contribution in [0.5, 0.6) is 0 Å². The maximum atomic E-state index is 13.9. The van der Waals surface area contributed by atoms with Gasteiger partial charge >= 0.3 is 0 Å². The van der Waals surface area contributed by atoms with Gasteiger partial charge in [0.1, 0.15) is 16.3 Å². The third-order valence-corrected chi connectivity index (χ3v) is 11.7. The molecule has 2 fully saturated rings. The summed E-state index contributed by atoms with van der Waals surface area (Å²) in [7, 11) is 0. The summed E-state index contributed by atoms with van der Waals surface area (Å²) in [5.41, 5.74) is 1.11. The molecule has 1 heterocycles. The number of rotatable bonds is 5. The van der Waals surface area contributed by atoms with Crippen LogP contribution in [0.1, 0.15) is 26.3 Å². The van der Waals surface area contributed by atoms with E-state index in [1.807, 2.05) is 6.92 Å². The first-order chi connectivity index (χ1) is 17.7. The smallest absolute Gasteiger partial charge is 0.274 e. The van der Waals surface area contributed by atoms with E-state index in [4.69, 9.17) is 81.2 Å². The summed E-state index contributed by atoms with van der Waals surface area (Å²) in [6, 6.07) is 12.6. The molecule has 3 aliphatic rings. The molecule has 0 aromatic heterocycles. The van der Waals surface area contributed by atoms with Gasteiger partial charge in [0.05, 0.1) is 32.5 Å². The van der Waals surface area contributed by atoms with Crippen molar-refractivity contribution < 1.29 is 19.2 Å². The topological polar surface area (TPSA) is 74.8 Å². The van der Waals surface area contributed by atoms with Gasteiger partial charge in [-0.1, -0.05) is 100.0 Å². The van der Waals surface area contributed by atoms with Gasteiger partial charge in [0, 0.05) is 5.56 Å². The number of benzene rings is 2. The van der Waals surface area contributed by atoms with Gasteiger partial charge in [-0.05, 0) is 19.1 Å². The van der Waals surface area contributed by atoms with Crippen LogP contribution in [0.2, 0.25) is 5.02 Å². The molecule has 1 aliphatic heterocycles. The summed E-state index contributed by atoms with van der Waals surface area (Å²) in [5, 5.41) is 0.762. The molecule has 1 saturated carbocycles. The van der Waals surface area contributed by atoms with Gasteiger partial charge in [0.2, 0.25) is 0 Å². The van der Waals surface area contributed by atoms with E-state index in [1.165, 1.54) is 12.1 Å². The van der Waals surface area contributed by atoms with Crippen molar-refractivity contribution in [3.8, 4) is 0 Å². The summed E-state index contributed by atoms with van der Waals surface area (Å²) >= 11 is 45.6. The molecule has 198 valence electrons. The van der Waals surface area contributed by atoms with Crippen LogP contribution in [0.4, 0.5) is 0 Å². The first-order valence-electron chi connectivity index (χ1n) is 11.1. The molecule has 3 amide bonds. The third-order valence-electron chi connectivity index (χ3n) is 7.13. The van der Waals surface area contributed by atoms with Gasteiger partial charge in [-0.3, -0.25) is 19.2 Å². The van der Waals surface area contributed by atoms with Crippen LogP contribution in [0, 0.1) is 18.8 Å². The molecule has 2 aliphatic carbocycles. The number of fused-ring (bicyclic) bond motifs is 5.